The van der Waals surface area contributed by atoms with Gasteiger partial charge in [0, 0.05) is 19.6 Å². The Bertz CT molecular complexity index is 616. The highest BCUT2D eigenvalue weighted by atomic mass is 16.5. The molecule has 2 unspecified atom stereocenters. The molecule has 0 bridgehead atoms. The second-order valence-corrected chi connectivity index (χ2v) is 6.62. The fourth-order valence-corrected chi connectivity index (χ4v) is 3.43. The Balaban J connectivity index is 1.60. The lowest BCUT2D eigenvalue weighted by molar-refractivity contribution is -0.132. The summed E-state index contributed by atoms with van der Waals surface area (Å²) in [4.78, 5) is 12.3. The summed E-state index contributed by atoms with van der Waals surface area (Å²) in [7, 11) is 0. The first-order chi connectivity index (χ1) is 11.8. The first-order valence-electron chi connectivity index (χ1n) is 8.89. The van der Waals surface area contributed by atoms with Crippen LogP contribution >= 0.6 is 0 Å². The number of carbonyl (C=O) groups excluding carboxylic acids is 1. The maximum atomic E-state index is 12.3. The smallest absolute Gasteiger partial charge is 0.251 e. The van der Waals surface area contributed by atoms with Crippen molar-refractivity contribution in [2.75, 3.05) is 19.7 Å². The normalized spacial score (nSPS) is 21.9. The molecule has 1 fully saturated rings. The van der Waals surface area contributed by atoms with Crippen molar-refractivity contribution in [2.24, 2.45) is 0 Å². The summed E-state index contributed by atoms with van der Waals surface area (Å²) in [6.07, 6.45) is 5.70. The summed E-state index contributed by atoms with van der Waals surface area (Å²) < 4.78 is 5.55. The molecular weight excluding hydrogens is 302 g/mol. The van der Waals surface area contributed by atoms with Crippen LogP contribution in [-0.2, 0) is 28.8 Å². The van der Waals surface area contributed by atoms with Gasteiger partial charge in [0.15, 0.2) is 0 Å². The zero-order valence-electron chi connectivity index (χ0n) is 14.0. The highest BCUT2D eigenvalue weighted by Gasteiger charge is 2.23. The number of carbonyl (C=O) groups is 1. The lowest BCUT2D eigenvalue weighted by atomic mass is 9.89. The molecule has 1 aromatic rings. The van der Waals surface area contributed by atoms with E-state index in [1.807, 2.05) is 0 Å². The van der Waals surface area contributed by atoms with Crippen molar-refractivity contribution in [1.29, 1.82) is 5.26 Å². The van der Waals surface area contributed by atoms with E-state index in [1.54, 1.807) is 0 Å². The highest BCUT2D eigenvalue weighted by molar-refractivity contribution is 5.81. The number of benzene rings is 1. The summed E-state index contributed by atoms with van der Waals surface area (Å²) in [6, 6.07) is 8.16. The van der Waals surface area contributed by atoms with Crippen molar-refractivity contribution < 1.29 is 9.53 Å². The Hall–Kier alpha value is -1.90. The molecule has 0 aromatic heterocycles. The first-order valence-corrected chi connectivity index (χ1v) is 8.89. The molecule has 1 aromatic carbocycles. The van der Waals surface area contributed by atoms with Crippen LogP contribution in [-0.4, -0.2) is 37.7 Å². The minimum absolute atomic E-state index is 0.200. The van der Waals surface area contributed by atoms with E-state index in [-0.39, 0.29) is 5.91 Å². The van der Waals surface area contributed by atoms with E-state index in [1.165, 1.54) is 24.0 Å². The second-order valence-electron chi connectivity index (χ2n) is 6.62. The Morgan fingerprint density at radius 2 is 2.17 bits per heavy atom. The minimum atomic E-state index is -0.522. The number of fused-ring (bicyclic) bond motifs is 1. The molecule has 3 rings (SSSR count). The predicted octanol–water partition coefficient (Wildman–Crippen LogP) is 1.49. The van der Waals surface area contributed by atoms with E-state index >= 15 is 0 Å². The quantitative estimate of drug-likeness (QED) is 0.879. The lowest BCUT2D eigenvalue weighted by Gasteiger charge is -2.19. The third-order valence-corrected chi connectivity index (χ3v) is 4.76. The summed E-state index contributed by atoms with van der Waals surface area (Å²) in [5, 5.41) is 15.4. The third kappa shape index (κ3) is 4.34. The van der Waals surface area contributed by atoms with Crippen molar-refractivity contribution in [3.8, 4) is 6.07 Å². The second kappa shape index (κ2) is 8.27. The molecule has 1 aliphatic heterocycles. The van der Waals surface area contributed by atoms with Gasteiger partial charge in [-0.1, -0.05) is 18.2 Å². The number of ether oxygens (including phenoxy) is 1. The van der Waals surface area contributed by atoms with Crippen molar-refractivity contribution in [1.82, 2.24) is 10.6 Å². The molecule has 5 heteroatoms. The van der Waals surface area contributed by atoms with E-state index in [2.05, 4.69) is 34.9 Å². The standard InChI is InChI=1S/C19H25N3O2/c20-12-17(22-19(23)18-13-21-8-3-9-24-18)11-14-6-7-15-4-1-2-5-16(15)10-14/h6-7,10,17-18,21H,1-5,8-9,11,13H2,(H,22,23). The van der Waals surface area contributed by atoms with Crippen molar-refractivity contribution in [2.45, 2.75) is 50.7 Å². The Morgan fingerprint density at radius 1 is 1.33 bits per heavy atom. The Labute approximate surface area is 143 Å². The fourth-order valence-electron chi connectivity index (χ4n) is 3.43. The number of hydrogen-bond donors (Lipinski definition) is 2. The van der Waals surface area contributed by atoms with Gasteiger partial charge in [0.2, 0.25) is 0 Å². The third-order valence-electron chi connectivity index (χ3n) is 4.76. The topological polar surface area (TPSA) is 74.2 Å². The molecule has 0 spiro atoms. The molecule has 24 heavy (non-hydrogen) atoms. The Morgan fingerprint density at radius 3 is 3.00 bits per heavy atom. The van der Waals surface area contributed by atoms with Crippen LogP contribution in [0.5, 0.6) is 0 Å². The predicted molar refractivity (Wildman–Crippen MR) is 91.6 cm³/mol. The number of nitrogens with one attached hydrogen (secondary N) is 2. The van der Waals surface area contributed by atoms with Crippen molar-refractivity contribution in [3.63, 3.8) is 0 Å². The van der Waals surface area contributed by atoms with E-state index in [9.17, 15) is 10.1 Å². The van der Waals surface area contributed by atoms with E-state index in [0.717, 1.165) is 31.4 Å². The maximum absolute atomic E-state index is 12.3. The zero-order chi connectivity index (χ0) is 16.8. The number of nitriles is 1. The van der Waals surface area contributed by atoms with Crippen LogP contribution in [0.4, 0.5) is 0 Å². The van der Waals surface area contributed by atoms with Crippen molar-refractivity contribution in [3.05, 3.63) is 34.9 Å². The average molecular weight is 327 g/mol. The van der Waals surface area contributed by atoms with Crippen LogP contribution in [0.15, 0.2) is 18.2 Å². The van der Waals surface area contributed by atoms with Gasteiger partial charge in [-0.25, -0.2) is 0 Å². The SMILES string of the molecule is N#CC(Cc1ccc2c(c1)CCCC2)NC(=O)C1CNCCCO1. The van der Waals surface area contributed by atoms with Gasteiger partial charge in [0.1, 0.15) is 12.1 Å². The number of amides is 1. The van der Waals surface area contributed by atoms with Gasteiger partial charge < -0.3 is 15.4 Å². The van der Waals surface area contributed by atoms with Crippen LogP contribution in [0, 0.1) is 11.3 Å². The number of rotatable bonds is 4. The molecule has 2 aliphatic rings. The highest BCUT2D eigenvalue weighted by Crippen LogP contribution is 2.22. The molecular formula is C19H25N3O2. The lowest BCUT2D eigenvalue weighted by Crippen LogP contribution is -2.46. The molecule has 128 valence electrons. The number of nitrogens with zero attached hydrogens (tertiary/aromatic N) is 1. The zero-order valence-corrected chi connectivity index (χ0v) is 14.0. The monoisotopic (exact) mass is 327 g/mol. The average Bonchev–Trinajstić information content (AvgIpc) is 2.90. The Kier molecular flexibility index (Phi) is 5.84. The molecule has 1 heterocycles. The van der Waals surface area contributed by atoms with Crippen molar-refractivity contribution >= 4 is 5.91 Å². The molecule has 1 aliphatic carbocycles. The molecule has 2 atom stereocenters. The van der Waals surface area contributed by atoms with Crippen LogP contribution < -0.4 is 10.6 Å². The van der Waals surface area contributed by atoms with Gasteiger partial charge in [-0.2, -0.15) is 5.26 Å². The molecule has 0 saturated carbocycles. The van der Waals surface area contributed by atoms with Crippen LogP contribution in [0.3, 0.4) is 0 Å². The van der Waals surface area contributed by atoms with Crippen LogP contribution in [0.1, 0.15) is 36.0 Å². The van der Waals surface area contributed by atoms with Crippen LogP contribution in [0.25, 0.3) is 0 Å². The fraction of sp³-hybridized carbons (Fsp3) is 0.579. The van der Waals surface area contributed by atoms with Gasteiger partial charge in [-0.15, -0.1) is 0 Å². The van der Waals surface area contributed by atoms with Crippen LogP contribution in [0.2, 0.25) is 0 Å². The van der Waals surface area contributed by atoms with Gasteiger partial charge in [-0.3, -0.25) is 4.79 Å². The van der Waals surface area contributed by atoms with Gasteiger partial charge in [0.25, 0.3) is 5.91 Å². The van der Waals surface area contributed by atoms with Gasteiger partial charge >= 0.3 is 0 Å². The summed E-state index contributed by atoms with van der Waals surface area (Å²) in [5.74, 6) is -0.200. The van der Waals surface area contributed by atoms with Gasteiger partial charge in [-0.05, 0) is 55.3 Å². The molecule has 1 saturated heterocycles. The summed E-state index contributed by atoms with van der Waals surface area (Å²) >= 11 is 0. The minimum Gasteiger partial charge on any atom is -0.367 e. The summed E-state index contributed by atoms with van der Waals surface area (Å²) in [5.41, 5.74) is 3.95. The molecule has 2 N–H and O–H groups in total. The largest absolute Gasteiger partial charge is 0.367 e. The van der Waals surface area contributed by atoms with E-state index < -0.39 is 12.1 Å². The van der Waals surface area contributed by atoms with E-state index in [4.69, 9.17) is 4.74 Å². The van der Waals surface area contributed by atoms with Gasteiger partial charge in [0.05, 0.1) is 6.07 Å². The summed E-state index contributed by atoms with van der Waals surface area (Å²) in [6.45, 7) is 1.94. The molecule has 0 radical (unpaired) electrons. The maximum Gasteiger partial charge on any atom is 0.251 e. The number of aryl methyl sites for hydroxylation is 2. The first kappa shape index (κ1) is 16.9. The van der Waals surface area contributed by atoms with E-state index in [0.29, 0.717) is 19.6 Å². The molecule has 5 nitrogen and oxygen atoms in total. The molecule has 1 amide bonds. The number of hydrogen-bond acceptors (Lipinski definition) is 4.